The van der Waals surface area contributed by atoms with Crippen LogP contribution >= 0.6 is 0 Å². The molecule has 0 bridgehead atoms. The van der Waals surface area contributed by atoms with Gasteiger partial charge in [0.25, 0.3) is 0 Å². The second kappa shape index (κ2) is 11.9. The van der Waals surface area contributed by atoms with E-state index in [4.69, 9.17) is 14.7 Å². The highest BCUT2D eigenvalue weighted by atomic mass is 16.5. The van der Waals surface area contributed by atoms with E-state index in [2.05, 4.69) is 169 Å². The van der Waals surface area contributed by atoms with E-state index in [0.717, 1.165) is 61.7 Å². The number of ether oxygens (including phenoxy) is 1. The number of benzene rings is 7. The first kappa shape index (κ1) is 30.5. The molecule has 0 saturated heterocycles. The van der Waals surface area contributed by atoms with Gasteiger partial charge in [-0.2, -0.15) is 0 Å². The monoisotopic (exact) mass is 689 g/mol. The Labute approximate surface area is 313 Å². The van der Waals surface area contributed by atoms with Crippen LogP contribution in [0.2, 0.25) is 0 Å². The minimum atomic E-state index is -0.659. The fourth-order valence-corrected chi connectivity index (χ4v) is 8.67. The molecule has 0 atom stereocenters. The molecule has 0 radical (unpaired) electrons. The van der Waals surface area contributed by atoms with Gasteiger partial charge in [-0.25, -0.2) is 9.97 Å². The standard InChI is InChI=1S/C50H31N3O/c1-3-12-32(13-4-1)45-30-46(33-14-5-2-6-15-33)53-49(52-45)35-23-25-40-39-24-22-34(37-17-11-16-36-31-51-27-26-38(36)37)28-43(39)50(44(40)29-35)41-18-7-9-20-47(41)54-48-21-10-8-19-42(48)50/h1-31H. The Kier molecular flexibility index (Phi) is 6.73. The summed E-state index contributed by atoms with van der Waals surface area (Å²) in [4.78, 5) is 14.9. The van der Waals surface area contributed by atoms with E-state index in [1.54, 1.807) is 0 Å². The molecule has 7 aromatic carbocycles. The Morgan fingerprint density at radius 1 is 0.407 bits per heavy atom. The van der Waals surface area contributed by atoms with Gasteiger partial charge in [-0.15, -0.1) is 0 Å². The second-order valence-corrected chi connectivity index (χ2v) is 14.0. The van der Waals surface area contributed by atoms with Crippen molar-refractivity contribution in [2.24, 2.45) is 0 Å². The number of hydrogen-bond donors (Lipinski definition) is 0. The lowest BCUT2D eigenvalue weighted by molar-refractivity contribution is 0.436. The Bertz CT molecular complexity index is 2810. The number of fused-ring (bicyclic) bond motifs is 10. The van der Waals surface area contributed by atoms with E-state index in [0.29, 0.717) is 5.82 Å². The molecule has 3 heterocycles. The average molecular weight is 690 g/mol. The van der Waals surface area contributed by atoms with E-state index in [1.807, 2.05) is 24.5 Å². The summed E-state index contributed by atoms with van der Waals surface area (Å²) in [5, 5.41) is 2.30. The maximum Gasteiger partial charge on any atom is 0.160 e. The lowest BCUT2D eigenvalue weighted by Crippen LogP contribution is -2.32. The van der Waals surface area contributed by atoms with Gasteiger partial charge in [-0.1, -0.05) is 140 Å². The summed E-state index contributed by atoms with van der Waals surface area (Å²) in [5.41, 5.74) is 13.5. The number of para-hydroxylation sites is 2. The van der Waals surface area contributed by atoms with Gasteiger partial charge in [0, 0.05) is 45.6 Å². The molecule has 0 fully saturated rings. The van der Waals surface area contributed by atoms with Gasteiger partial charge < -0.3 is 4.74 Å². The van der Waals surface area contributed by atoms with Crippen molar-refractivity contribution in [3.05, 3.63) is 211 Å². The molecule has 1 aliphatic carbocycles. The Morgan fingerprint density at radius 2 is 0.981 bits per heavy atom. The van der Waals surface area contributed by atoms with Crippen LogP contribution in [0, 0.1) is 0 Å². The molecule has 9 aromatic rings. The van der Waals surface area contributed by atoms with Crippen molar-refractivity contribution in [1.29, 1.82) is 0 Å². The predicted octanol–water partition coefficient (Wildman–Crippen LogP) is 12.2. The highest BCUT2D eigenvalue weighted by molar-refractivity contribution is 5.98. The van der Waals surface area contributed by atoms with E-state index >= 15 is 0 Å². The van der Waals surface area contributed by atoms with Crippen LogP contribution in [0.3, 0.4) is 0 Å². The van der Waals surface area contributed by atoms with Crippen molar-refractivity contribution in [3.63, 3.8) is 0 Å². The van der Waals surface area contributed by atoms with Crippen LogP contribution in [-0.2, 0) is 5.41 Å². The normalized spacial score (nSPS) is 13.1. The van der Waals surface area contributed by atoms with Gasteiger partial charge in [-0.3, -0.25) is 4.98 Å². The molecule has 252 valence electrons. The molecular weight excluding hydrogens is 659 g/mol. The summed E-state index contributed by atoms with van der Waals surface area (Å²) >= 11 is 0. The Morgan fingerprint density at radius 3 is 1.63 bits per heavy atom. The zero-order valence-electron chi connectivity index (χ0n) is 29.1. The third-order valence-electron chi connectivity index (χ3n) is 11.1. The molecule has 11 rings (SSSR count). The summed E-state index contributed by atoms with van der Waals surface area (Å²) in [6.07, 6.45) is 3.81. The molecule has 4 nitrogen and oxygen atoms in total. The molecule has 2 aromatic heterocycles. The first-order valence-electron chi connectivity index (χ1n) is 18.3. The maximum atomic E-state index is 6.68. The van der Waals surface area contributed by atoms with Crippen LogP contribution in [0.1, 0.15) is 22.3 Å². The molecule has 0 amide bonds. The Hall–Kier alpha value is -7.17. The average Bonchev–Trinajstić information content (AvgIpc) is 3.53. The van der Waals surface area contributed by atoms with Crippen LogP contribution in [-0.4, -0.2) is 15.0 Å². The van der Waals surface area contributed by atoms with Gasteiger partial charge in [0.05, 0.1) is 16.8 Å². The van der Waals surface area contributed by atoms with E-state index < -0.39 is 5.41 Å². The highest BCUT2D eigenvalue weighted by Gasteiger charge is 2.51. The quantitative estimate of drug-likeness (QED) is 0.185. The molecule has 0 unspecified atom stereocenters. The zero-order chi connectivity index (χ0) is 35.6. The van der Waals surface area contributed by atoms with Crippen LogP contribution < -0.4 is 4.74 Å². The fourth-order valence-electron chi connectivity index (χ4n) is 8.67. The van der Waals surface area contributed by atoms with Crippen molar-refractivity contribution < 1.29 is 4.74 Å². The van der Waals surface area contributed by atoms with Crippen molar-refractivity contribution >= 4 is 10.8 Å². The third kappa shape index (κ3) is 4.53. The van der Waals surface area contributed by atoms with Gasteiger partial charge in [0.1, 0.15) is 11.5 Å². The smallest absolute Gasteiger partial charge is 0.160 e. The molecule has 0 saturated carbocycles. The molecule has 4 heteroatoms. The highest BCUT2D eigenvalue weighted by Crippen LogP contribution is 2.62. The van der Waals surface area contributed by atoms with Crippen molar-refractivity contribution in [1.82, 2.24) is 15.0 Å². The second-order valence-electron chi connectivity index (χ2n) is 14.0. The van der Waals surface area contributed by atoms with E-state index in [1.165, 1.54) is 33.2 Å². The first-order chi connectivity index (χ1) is 26.8. The molecule has 54 heavy (non-hydrogen) atoms. The van der Waals surface area contributed by atoms with Crippen molar-refractivity contribution in [2.75, 3.05) is 0 Å². The van der Waals surface area contributed by atoms with Crippen LogP contribution in [0.5, 0.6) is 11.5 Å². The maximum absolute atomic E-state index is 6.68. The number of pyridine rings is 1. The number of aromatic nitrogens is 3. The lowest BCUT2D eigenvalue weighted by atomic mass is 9.65. The minimum Gasteiger partial charge on any atom is -0.457 e. The molecule has 1 spiro atoms. The molecule has 2 aliphatic rings. The molecule has 0 N–H and O–H groups in total. The number of rotatable bonds is 4. The van der Waals surface area contributed by atoms with Gasteiger partial charge in [0.2, 0.25) is 0 Å². The number of nitrogens with zero attached hydrogens (tertiary/aromatic N) is 3. The fraction of sp³-hybridized carbons (Fsp3) is 0.0200. The largest absolute Gasteiger partial charge is 0.457 e. The SMILES string of the molecule is c1ccc(-c2cc(-c3ccccc3)nc(-c3ccc4c(c3)C3(c5ccccc5Oc5ccccc53)c3cc(-c5cccc6cnccc56)ccc3-4)n2)cc1. The van der Waals surface area contributed by atoms with Crippen molar-refractivity contribution in [2.45, 2.75) is 5.41 Å². The van der Waals surface area contributed by atoms with Gasteiger partial charge in [-0.05, 0) is 75.2 Å². The number of hydrogen-bond acceptors (Lipinski definition) is 4. The minimum absolute atomic E-state index is 0.659. The molecular formula is C50H31N3O. The Balaban J connectivity index is 1.19. The van der Waals surface area contributed by atoms with E-state index in [-0.39, 0.29) is 0 Å². The predicted molar refractivity (Wildman–Crippen MR) is 216 cm³/mol. The van der Waals surface area contributed by atoms with Crippen molar-refractivity contribution in [3.8, 4) is 67.7 Å². The summed E-state index contributed by atoms with van der Waals surface area (Å²) in [6.45, 7) is 0. The van der Waals surface area contributed by atoms with Crippen LogP contribution in [0.15, 0.2) is 188 Å². The molecule has 1 aliphatic heterocycles. The van der Waals surface area contributed by atoms with Crippen LogP contribution in [0.4, 0.5) is 0 Å². The zero-order valence-corrected chi connectivity index (χ0v) is 29.1. The van der Waals surface area contributed by atoms with Gasteiger partial charge >= 0.3 is 0 Å². The summed E-state index contributed by atoms with van der Waals surface area (Å²) in [6, 6.07) is 62.1. The van der Waals surface area contributed by atoms with Gasteiger partial charge in [0.15, 0.2) is 5.82 Å². The summed E-state index contributed by atoms with van der Waals surface area (Å²) in [7, 11) is 0. The summed E-state index contributed by atoms with van der Waals surface area (Å²) in [5.74, 6) is 2.40. The van der Waals surface area contributed by atoms with E-state index in [9.17, 15) is 0 Å². The lowest BCUT2D eigenvalue weighted by Gasteiger charge is -2.39. The topological polar surface area (TPSA) is 47.9 Å². The third-order valence-corrected chi connectivity index (χ3v) is 11.1. The summed E-state index contributed by atoms with van der Waals surface area (Å²) < 4.78 is 6.68. The van der Waals surface area contributed by atoms with Crippen LogP contribution in [0.25, 0.3) is 66.9 Å². The first-order valence-corrected chi connectivity index (χ1v) is 18.3.